The van der Waals surface area contributed by atoms with E-state index in [9.17, 15) is 0 Å². The number of benzene rings is 1. The number of aryl methyl sites for hydroxylation is 1. The van der Waals surface area contributed by atoms with Crippen LogP contribution in [0.15, 0.2) is 18.2 Å². The number of ether oxygens (including phenoxy) is 1. The third-order valence-corrected chi connectivity index (χ3v) is 2.03. The molecule has 1 aliphatic heterocycles. The Hall–Kier alpha value is -1.26. The van der Waals surface area contributed by atoms with Crippen molar-refractivity contribution in [2.75, 3.05) is 32.0 Å². The van der Waals surface area contributed by atoms with Gasteiger partial charge < -0.3 is 20.9 Å². The lowest BCUT2D eigenvalue weighted by Gasteiger charge is -2.10. The second kappa shape index (κ2) is 6.27. The van der Waals surface area contributed by atoms with E-state index in [0.29, 0.717) is 5.69 Å². The van der Waals surface area contributed by atoms with Crippen molar-refractivity contribution in [3.8, 4) is 5.75 Å². The maximum Gasteiger partial charge on any atom is 0.138 e. The van der Waals surface area contributed by atoms with Gasteiger partial charge >= 0.3 is 0 Å². The standard InChI is InChI=1S/C7H9NO.C4H9NO/c1-5-2-3-7(9)6(8)4-5;1-3-6-4-2-5-1/h2-4,9H,8H2,1H3;5H,1-4H2. The maximum atomic E-state index is 8.92. The summed E-state index contributed by atoms with van der Waals surface area (Å²) in [5, 5.41) is 12.1. The van der Waals surface area contributed by atoms with Gasteiger partial charge in [-0.25, -0.2) is 0 Å². The van der Waals surface area contributed by atoms with E-state index in [1.807, 2.05) is 13.0 Å². The Kier molecular flexibility index (Phi) is 4.93. The van der Waals surface area contributed by atoms with E-state index in [0.717, 1.165) is 31.9 Å². The van der Waals surface area contributed by atoms with Crippen molar-refractivity contribution in [1.82, 2.24) is 5.32 Å². The number of aromatic hydroxyl groups is 1. The Balaban J connectivity index is 0.000000162. The maximum absolute atomic E-state index is 8.92. The van der Waals surface area contributed by atoms with Crippen LogP contribution in [0.3, 0.4) is 0 Å². The molecule has 1 saturated heterocycles. The van der Waals surface area contributed by atoms with Gasteiger partial charge in [-0.15, -0.1) is 0 Å². The number of anilines is 1. The molecule has 0 aliphatic carbocycles. The first-order valence-electron chi connectivity index (χ1n) is 5.03. The molecular formula is C11H18N2O2. The molecule has 1 aromatic rings. The SMILES string of the molecule is C1COCCN1.Cc1ccc(O)c(N)c1. The van der Waals surface area contributed by atoms with E-state index in [4.69, 9.17) is 15.6 Å². The second-order valence-electron chi connectivity index (χ2n) is 3.42. The Bertz CT molecular complexity index is 287. The third-order valence-electron chi connectivity index (χ3n) is 2.03. The highest BCUT2D eigenvalue weighted by atomic mass is 16.5. The van der Waals surface area contributed by atoms with Crippen LogP contribution in [0.25, 0.3) is 0 Å². The van der Waals surface area contributed by atoms with E-state index in [-0.39, 0.29) is 5.75 Å². The first-order chi connectivity index (χ1) is 7.20. The number of phenolic OH excluding ortho intramolecular Hbond substituents is 1. The lowest BCUT2D eigenvalue weighted by molar-refractivity contribution is 0.109. The van der Waals surface area contributed by atoms with E-state index >= 15 is 0 Å². The highest BCUT2D eigenvalue weighted by Crippen LogP contribution is 2.19. The Morgan fingerprint density at radius 3 is 2.33 bits per heavy atom. The topological polar surface area (TPSA) is 67.5 Å². The van der Waals surface area contributed by atoms with Crippen LogP contribution in [0, 0.1) is 6.92 Å². The number of rotatable bonds is 0. The zero-order valence-corrected chi connectivity index (χ0v) is 8.99. The van der Waals surface area contributed by atoms with Gasteiger partial charge in [0, 0.05) is 13.1 Å². The summed E-state index contributed by atoms with van der Waals surface area (Å²) >= 11 is 0. The summed E-state index contributed by atoms with van der Waals surface area (Å²) in [7, 11) is 0. The Labute approximate surface area is 90.1 Å². The number of hydrogen-bond acceptors (Lipinski definition) is 4. The van der Waals surface area contributed by atoms with Gasteiger partial charge in [0.05, 0.1) is 18.9 Å². The number of hydrogen-bond donors (Lipinski definition) is 3. The first kappa shape index (κ1) is 11.8. The minimum Gasteiger partial charge on any atom is -0.506 e. The third kappa shape index (κ3) is 4.67. The number of nitrogens with two attached hydrogens (primary N) is 1. The molecule has 1 aromatic carbocycles. The van der Waals surface area contributed by atoms with Gasteiger partial charge in [0.15, 0.2) is 0 Å². The minimum atomic E-state index is 0.153. The summed E-state index contributed by atoms with van der Waals surface area (Å²) in [5.74, 6) is 0.153. The minimum absolute atomic E-state index is 0.153. The van der Waals surface area contributed by atoms with Gasteiger partial charge in [-0.1, -0.05) is 6.07 Å². The molecule has 2 rings (SSSR count). The van der Waals surface area contributed by atoms with Crippen molar-refractivity contribution in [2.24, 2.45) is 0 Å². The smallest absolute Gasteiger partial charge is 0.138 e. The molecule has 0 amide bonds. The van der Waals surface area contributed by atoms with Crippen LogP contribution in [0.1, 0.15) is 5.56 Å². The van der Waals surface area contributed by atoms with Gasteiger partial charge in [-0.2, -0.15) is 0 Å². The molecule has 0 bridgehead atoms. The summed E-state index contributed by atoms with van der Waals surface area (Å²) in [4.78, 5) is 0. The zero-order chi connectivity index (χ0) is 11.1. The molecular weight excluding hydrogens is 192 g/mol. The zero-order valence-electron chi connectivity index (χ0n) is 8.99. The molecule has 1 aliphatic rings. The normalized spacial score (nSPS) is 15.3. The molecule has 84 valence electrons. The van der Waals surface area contributed by atoms with Crippen molar-refractivity contribution in [2.45, 2.75) is 6.92 Å². The van der Waals surface area contributed by atoms with Gasteiger partial charge in [-0.3, -0.25) is 0 Å². The van der Waals surface area contributed by atoms with Gasteiger partial charge in [0.25, 0.3) is 0 Å². The predicted octanol–water partition coefficient (Wildman–Crippen LogP) is 0.889. The van der Waals surface area contributed by atoms with E-state index in [1.54, 1.807) is 12.1 Å². The van der Waals surface area contributed by atoms with E-state index in [1.165, 1.54) is 0 Å². The molecule has 0 aromatic heterocycles. The van der Waals surface area contributed by atoms with Crippen LogP contribution >= 0.6 is 0 Å². The highest BCUT2D eigenvalue weighted by Gasteiger charge is 1.93. The Morgan fingerprint density at radius 2 is 2.00 bits per heavy atom. The number of morpholine rings is 1. The average Bonchev–Trinajstić information content (AvgIpc) is 2.27. The van der Waals surface area contributed by atoms with Crippen LogP contribution in [0.2, 0.25) is 0 Å². The van der Waals surface area contributed by atoms with E-state index < -0.39 is 0 Å². The number of nitrogens with one attached hydrogen (secondary N) is 1. The molecule has 4 nitrogen and oxygen atoms in total. The van der Waals surface area contributed by atoms with Crippen molar-refractivity contribution in [1.29, 1.82) is 0 Å². The largest absolute Gasteiger partial charge is 0.506 e. The monoisotopic (exact) mass is 210 g/mol. The molecule has 0 unspecified atom stereocenters. The van der Waals surface area contributed by atoms with Crippen LogP contribution in [0.5, 0.6) is 5.75 Å². The molecule has 0 atom stereocenters. The predicted molar refractivity (Wildman–Crippen MR) is 60.9 cm³/mol. The summed E-state index contributed by atoms with van der Waals surface area (Å²) in [6.45, 7) is 5.76. The Morgan fingerprint density at radius 1 is 1.33 bits per heavy atom. The lowest BCUT2D eigenvalue weighted by Crippen LogP contribution is -2.30. The molecule has 0 saturated carbocycles. The molecule has 4 heteroatoms. The molecule has 4 N–H and O–H groups in total. The van der Waals surface area contributed by atoms with E-state index in [2.05, 4.69) is 5.32 Å². The summed E-state index contributed by atoms with van der Waals surface area (Å²) in [6.07, 6.45) is 0. The second-order valence-corrected chi connectivity index (χ2v) is 3.42. The molecule has 15 heavy (non-hydrogen) atoms. The van der Waals surface area contributed by atoms with Gasteiger partial charge in [-0.05, 0) is 24.6 Å². The summed E-state index contributed by atoms with van der Waals surface area (Å²) in [5.41, 5.74) is 6.87. The van der Waals surface area contributed by atoms with Crippen molar-refractivity contribution in [3.63, 3.8) is 0 Å². The highest BCUT2D eigenvalue weighted by molar-refractivity contribution is 5.52. The average molecular weight is 210 g/mol. The van der Waals surface area contributed by atoms with Gasteiger partial charge in [0.2, 0.25) is 0 Å². The molecule has 0 radical (unpaired) electrons. The lowest BCUT2D eigenvalue weighted by atomic mass is 10.2. The quantitative estimate of drug-likeness (QED) is 0.439. The summed E-state index contributed by atoms with van der Waals surface area (Å²) < 4.78 is 5.01. The molecule has 0 spiro atoms. The number of nitrogen functional groups attached to an aromatic ring is 1. The van der Waals surface area contributed by atoms with Crippen LogP contribution in [-0.2, 0) is 4.74 Å². The number of phenols is 1. The fourth-order valence-corrected chi connectivity index (χ4v) is 1.19. The van der Waals surface area contributed by atoms with Crippen molar-refractivity contribution >= 4 is 5.69 Å². The summed E-state index contributed by atoms with van der Waals surface area (Å²) in [6, 6.07) is 5.13. The molecule has 1 heterocycles. The van der Waals surface area contributed by atoms with Crippen LogP contribution in [-0.4, -0.2) is 31.4 Å². The van der Waals surface area contributed by atoms with Crippen molar-refractivity contribution < 1.29 is 9.84 Å². The van der Waals surface area contributed by atoms with Gasteiger partial charge in [0.1, 0.15) is 5.75 Å². The molecule has 1 fully saturated rings. The van der Waals surface area contributed by atoms with Crippen LogP contribution < -0.4 is 11.1 Å². The fraction of sp³-hybridized carbons (Fsp3) is 0.455. The first-order valence-corrected chi connectivity index (χ1v) is 5.03. The fourth-order valence-electron chi connectivity index (χ4n) is 1.19. The van der Waals surface area contributed by atoms with Crippen LogP contribution in [0.4, 0.5) is 5.69 Å². The van der Waals surface area contributed by atoms with Crippen molar-refractivity contribution in [3.05, 3.63) is 23.8 Å².